The maximum Gasteiger partial charge on any atom is 0.315 e. The summed E-state index contributed by atoms with van der Waals surface area (Å²) in [5, 5.41) is 5.86. The fourth-order valence-corrected chi connectivity index (χ4v) is 5.36. The predicted molar refractivity (Wildman–Crippen MR) is 150 cm³/mol. The number of nitrogens with two attached hydrogens (primary N) is 1. The smallest absolute Gasteiger partial charge is 0.315 e. The third-order valence-corrected chi connectivity index (χ3v) is 7.43. The van der Waals surface area contributed by atoms with E-state index in [4.69, 9.17) is 19.9 Å². The number of hydrogen-bond acceptors (Lipinski definition) is 9. The van der Waals surface area contributed by atoms with Gasteiger partial charge in [-0.05, 0) is 37.4 Å². The molecular weight excluding hydrogens is 512 g/mol. The van der Waals surface area contributed by atoms with Crippen LogP contribution in [0.2, 0.25) is 0 Å². The molecule has 40 heavy (non-hydrogen) atoms. The Morgan fingerprint density at radius 3 is 2.65 bits per heavy atom. The van der Waals surface area contributed by atoms with Crippen LogP contribution >= 0.6 is 0 Å². The lowest BCUT2D eigenvalue weighted by Crippen LogP contribution is -2.47. The van der Waals surface area contributed by atoms with Crippen molar-refractivity contribution in [2.75, 3.05) is 39.0 Å². The molecule has 0 saturated carbocycles. The van der Waals surface area contributed by atoms with Crippen LogP contribution in [0.3, 0.4) is 0 Å². The van der Waals surface area contributed by atoms with Crippen LogP contribution in [0.15, 0.2) is 36.9 Å². The maximum atomic E-state index is 12.4. The fourth-order valence-electron chi connectivity index (χ4n) is 5.36. The molecule has 2 amide bonds. The molecule has 2 aliphatic rings. The number of likely N-dealkylation sites (N-methyl/N-ethyl adjacent to an activating group) is 1. The number of nitrogens with one attached hydrogen (secondary N) is 2. The second kappa shape index (κ2) is 10.6. The molecule has 2 fully saturated rings. The molecule has 4 N–H and O–H groups in total. The third-order valence-electron chi connectivity index (χ3n) is 7.43. The lowest BCUT2D eigenvalue weighted by Gasteiger charge is -2.29. The Bertz CT molecular complexity index is 1350. The van der Waals surface area contributed by atoms with Crippen molar-refractivity contribution in [3.05, 3.63) is 48.0 Å². The molecule has 0 spiro atoms. The van der Waals surface area contributed by atoms with Gasteiger partial charge in [0.2, 0.25) is 5.72 Å². The normalized spacial score (nSPS) is 24.0. The topological polar surface area (TPSA) is 142 Å². The zero-order chi connectivity index (χ0) is 28.7. The van der Waals surface area contributed by atoms with Gasteiger partial charge in [-0.3, -0.25) is 4.57 Å². The molecule has 2 saturated heterocycles. The van der Waals surface area contributed by atoms with E-state index in [1.807, 2.05) is 25.5 Å². The summed E-state index contributed by atoms with van der Waals surface area (Å²) in [5.41, 5.74) is 8.58. The monoisotopic (exact) mass is 552 g/mol. The zero-order valence-electron chi connectivity index (χ0n) is 24.1. The minimum atomic E-state index is -0.937. The first-order chi connectivity index (χ1) is 18.9. The number of nitrogen functional groups attached to an aromatic ring is 1. The van der Waals surface area contributed by atoms with Gasteiger partial charge in [0.1, 0.15) is 24.1 Å². The average molecular weight is 553 g/mol. The molecular formula is C28H40N8O4. The number of hydrogen-bond donors (Lipinski definition) is 3. The van der Waals surface area contributed by atoms with Crippen LogP contribution in [0.25, 0.3) is 11.2 Å². The fraction of sp³-hybridized carbons (Fsp3) is 0.571. The molecule has 3 aromatic rings. The summed E-state index contributed by atoms with van der Waals surface area (Å²) in [6.45, 7) is 12.8. The van der Waals surface area contributed by atoms with Gasteiger partial charge in [-0.25, -0.2) is 19.7 Å². The number of nitrogens with zero attached hydrogens (tertiary/aromatic N) is 5. The lowest BCUT2D eigenvalue weighted by atomic mass is 9.87. The number of amides is 2. The summed E-state index contributed by atoms with van der Waals surface area (Å²) in [7, 11) is 1.99. The van der Waals surface area contributed by atoms with Gasteiger partial charge in [-0.1, -0.05) is 45.0 Å². The van der Waals surface area contributed by atoms with Crippen LogP contribution in [0.5, 0.6) is 0 Å². The van der Waals surface area contributed by atoms with Gasteiger partial charge >= 0.3 is 6.03 Å². The van der Waals surface area contributed by atoms with E-state index >= 15 is 0 Å². The van der Waals surface area contributed by atoms with Gasteiger partial charge in [0.05, 0.1) is 12.9 Å². The summed E-state index contributed by atoms with van der Waals surface area (Å²) in [4.78, 5) is 27.3. The van der Waals surface area contributed by atoms with Gasteiger partial charge < -0.3 is 35.5 Å². The van der Waals surface area contributed by atoms with E-state index in [1.165, 1.54) is 11.9 Å². The van der Waals surface area contributed by atoms with Gasteiger partial charge in [0.15, 0.2) is 17.3 Å². The summed E-state index contributed by atoms with van der Waals surface area (Å²) >= 11 is 0. The van der Waals surface area contributed by atoms with E-state index in [0.717, 1.165) is 5.56 Å². The third kappa shape index (κ3) is 5.62. The van der Waals surface area contributed by atoms with Crippen LogP contribution in [-0.4, -0.2) is 81.7 Å². The Labute approximate surface area is 234 Å². The highest BCUT2D eigenvalue weighted by atomic mass is 16.8. The van der Waals surface area contributed by atoms with Crippen molar-refractivity contribution in [3.63, 3.8) is 0 Å². The van der Waals surface area contributed by atoms with Crippen molar-refractivity contribution < 1.29 is 19.0 Å². The highest BCUT2D eigenvalue weighted by molar-refractivity contribution is 5.81. The number of ether oxygens (including phenoxy) is 3. The highest BCUT2D eigenvalue weighted by Crippen LogP contribution is 2.47. The number of carbonyl (C=O) groups excluding carboxylic acids is 1. The van der Waals surface area contributed by atoms with Crippen molar-refractivity contribution in [1.82, 2.24) is 35.1 Å². The Morgan fingerprint density at radius 2 is 1.93 bits per heavy atom. The largest absolute Gasteiger partial charge is 0.382 e. The van der Waals surface area contributed by atoms with E-state index in [2.05, 4.69) is 75.5 Å². The number of fused-ring (bicyclic) bond motifs is 2. The number of anilines is 1. The van der Waals surface area contributed by atoms with Gasteiger partial charge in [-0.2, -0.15) is 0 Å². The number of carbonyl (C=O) groups is 1. The van der Waals surface area contributed by atoms with E-state index in [0.29, 0.717) is 43.2 Å². The molecule has 2 aliphatic heterocycles. The average Bonchev–Trinajstić information content (AvgIpc) is 3.53. The standard InChI is InChI=1S/C28H40N8O4/c1-26(2,3)19-9-7-18(8-10-19)13-31-25(37)30-11-12-35(6)14-20-22-28(15-38-20,40-27(4,5)39-22)36-17-34-21-23(29)32-16-33-24(21)36/h7-10,16-17,20,22H,11-15H2,1-6H3,(H2,29,32,33)(H2,30,31,37)/t20-,22-,28-/m1/s1. The van der Waals surface area contributed by atoms with Gasteiger partial charge in [0, 0.05) is 26.2 Å². The van der Waals surface area contributed by atoms with E-state index in [1.54, 1.807) is 6.33 Å². The van der Waals surface area contributed by atoms with Crippen molar-refractivity contribution in [2.45, 2.75) is 70.3 Å². The van der Waals surface area contributed by atoms with Crippen molar-refractivity contribution in [3.8, 4) is 0 Å². The predicted octanol–water partition coefficient (Wildman–Crippen LogP) is 2.34. The molecule has 2 aromatic heterocycles. The Hall–Kier alpha value is -3.32. The lowest BCUT2D eigenvalue weighted by molar-refractivity contribution is -0.205. The second-order valence-corrected chi connectivity index (χ2v) is 12.1. The van der Waals surface area contributed by atoms with E-state index in [9.17, 15) is 4.79 Å². The van der Waals surface area contributed by atoms with Crippen molar-refractivity contribution in [1.29, 1.82) is 0 Å². The van der Waals surface area contributed by atoms with E-state index < -0.39 is 17.6 Å². The summed E-state index contributed by atoms with van der Waals surface area (Å²) in [5.74, 6) is -0.521. The molecule has 12 nitrogen and oxygen atoms in total. The number of benzene rings is 1. The summed E-state index contributed by atoms with van der Waals surface area (Å²) in [6, 6.07) is 8.14. The highest BCUT2D eigenvalue weighted by Gasteiger charge is 2.63. The number of aromatic nitrogens is 4. The molecule has 4 heterocycles. The summed E-state index contributed by atoms with van der Waals surface area (Å²) < 4.78 is 20.9. The Morgan fingerprint density at radius 1 is 1.18 bits per heavy atom. The van der Waals surface area contributed by atoms with Crippen molar-refractivity contribution in [2.24, 2.45) is 0 Å². The molecule has 0 radical (unpaired) electrons. The summed E-state index contributed by atoms with van der Waals surface area (Å²) in [6.07, 6.45) is 2.40. The number of urea groups is 1. The van der Waals surface area contributed by atoms with Crippen LogP contribution in [0.1, 0.15) is 45.7 Å². The molecule has 5 rings (SSSR count). The minimum Gasteiger partial charge on any atom is -0.382 e. The van der Waals surface area contributed by atoms with Crippen LogP contribution in [-0.2, 0) is 31.9 Å². The molecule has 216 valence electrons. The SMILES string of the molecule is CN(CCNC(=O)NCc1ccc(C(C)(C)C)cc1)C[C@H]1OC[C@@]2(n3cnc4c(N)ncnc43)OC(C)(C)O[C@H]12. The molecule has 0 aliphatic carbocycles. The van der Waals surface area contributed by atoms with Gasteiger partial charge in [0.25, 0.3) is 0 Å². The first-order valence-corrected chi connectivity index (χ1v) is 13.6. The molecule has 1 aromatic carbocycles. The number of imidazole rings is 1. The minimum absolute atomic E-state index is 0.102. The van der Waals surface area contributed by atoms with Crippen LogP contribution in [0.4, 0.5) is 10.6 Å². The zero-order valence-corrected chi connectivity index (χ0v) is 24.1. The van der Waals surface area contributed by atoms with Gasteiger partial charge in [-0.15, -0.1) is 0 Å². The Balaban J connectivity index is 1.14. The first kappa shape index (κ1) is 28.2. The molecule has 3 atom stereocenters. The van der Waals surface area contributed by atoms with Crippen molar-refractivity contribution >= 4 is 23.0 Å². The number of rotatable bonds is 8. The molecule has 0 bridgehead atoms. The second-order valence-electron chi connectivity index (χ2n) is 12.1. The first-order valence-electron chi connectivity index (χ1n) is 13.6. The quantitative estimate of drug-likeness (QED) is 0.384. The van der Waals surface area contributed by atoms with E-state index in [-0.39, 0.29) is 24.2 Å². The molecule has 0 unspecified atom stereocenters. The van der Waals surface area contributed by atoms with Crippen LogP contribution in [0, 0.1) is 0 Å². The Kier molecular flexibility index (Phi) is 7.47. The maximum absolute atomic E-state index is 12.4. The van der Waals surface area contributed by atoms with Crippen LogP contribution < -0.4 is 16.4 Å². The molecule has 12 heteroatoms.